The van der Waals surface area contributed by atoms with Crippen molar-refractivity contribution in [3.8, 4) is 0 Å². The van der Waals surface area contributed by atoms with Crippen molar-refractivity contribution in [2.75, 3.05) is 13.2 Å². The number of aliphatic hydroxyl groups is 1. The minimum absolute atomic E-state index is 0. The molecule has 68 valence electrons. The molecule has 1 rings (SSSR count). The highest BCUT2D eigenvalue weighted by atomic mass is 35.5. The standard InChI is InChI=1S/C7H15NO2.ClH/c1-6(2)7(9,5-8)3-4-10-6;/h9H,3-5,8H2,1-2H3;1H. The molecule has 1 aliphatic rings. The van der Waals surface area contributed by atoms with Crippen LogP contribution in [0.25, 0.3) is 0 Å². The normalized spacial score (nSPS) is 34.9. The van der Waals surface area contributed by atoms with Gasteiger partial charge >= 0.3 is 0 Å². The quantitative estimate of drug-likeness (QED) is 0.612. The average molecular weight is 182 g/mol. The van der Waals surface area contributed by atoms with Crippen molar-refractivity contribution in [1.29, 1.82) is 0 Å². The van der Waals surface area contributed by atoms with Crippen LogP contribution in [0, 0.1) is 0 Å². The number of nitrogens with two attached hydrogens (primary N) is 1. The highest BCUT2D eigenvalue weighted by Gasteiger charge is 2.47. The molecule has 1 saturated heterocycles. The van der Waals surface area contributed by atoms with Crippen LogP contribution in [0.4, 0.5) is 0 Å². The van der Waals surface area contributed by atoms with Gasteiger partial charge < -0.3 is 15.6 Å². The Balaban J connectivity index is 0.000001000. The van der Waals surface area contributed by atoms with E-state index in [2.05, 4.69) is 0 Å². The van der Waals surface area contributed by atoms with Crippen LogP contribution in [0.1, 0.15) is 20.3 Å². The van der Waals surface area contributed by atoms with Crippen LogP contribution in [0.2, 0.25) is 0 Å². The first kappa shape index (κ1) is 11.2. The van der Waals surface area contributed by atoms with E-state index in [1.165, 1.54) is 0 Å². The van der Waals surface area contributed by atoms with E-state index in [0.29, 0.717) is 13.0 Å². The Morgan fingerprint density at radius 3 is 2.27 bits per heavy atom. The molecule has 1 heterocycles. The van der Waals surface area contributed by atoms with Crippen molar-refractivity contribution in [2.45, 2.75) is 31.5 Å². The van der Waals surface area contributed by atoms with Crippen LogP contribution in [0.5, 0.6) is 0 Å². The number of halogens is 1. The molecule has 1 fully saturated rings. The molecule has 4 heteroatoms. The van der Waals surface area contributed by atoms with Gasteiger partial charge in [0, 0.05) is 13.0 Å². The largest absolute Gasteiger partial charge is 0.385 e. The van der Waals surface area contributed by atoms with Gasteiger partial charge in [-0.1, -0.05) is 0 Å². The lowest BCUT2D eigenvalue weighted by Crippen LogP contribution is -2.51. The lowest BCUT2D eigenvalue weighted by atomic mass is 9.86. The maximum Gasteiger partial charge on any atom is 0.107 e. The molecule has 1 unspecified atom stereocenters. The van der Waals surface area contributed by atoms with Crippen LogP contribution >= 0.6 is 12.4 Å². The van der Waals surface area contributed by atoms with Crippen LogP contribution in [-0.2, 0) is 4.74 Å². The molecule has 11 heavy (non-hydrogen) atoms. The van der Waals surface area contributed by atoms with Gasteiger partial charge in [-0.15, -0.1) is 12.4 Å². The molecule has 0 aromatic heterocycles. The van der Waals surface area contributed by atoms with Gasteiger partial charge in [0.05, 0.1) is 12.2 Å². The molecule has 0 saturated carbocycles. The fourth-order valence-electron chi connectivity index (χ4n) is 1.26. The number of rotatable bonds is 1. The van der Waals surface area contributed by atoms with E-state index >= 15 is 0 Å². The van der Waals surface area contributed by atoms with E-state index in [0.717, 1.165) is 0 Å². The lowest BCUT2D eigenvalue weighted by Gasteiger charge is -2.33. The van der Waals surface area contributed by atoms with Gasteiger partial charge in [-0.05, 0) is 13.8 Å². The monoisotopic (exact) mass is 181 g/mol. The van der Waals surface area contributed by atoms with E-state index < -0.39 is 11.2 Å². The molecule has 0 aromatic rings. The summed E-state index contributed by atoms with van der Waals surface area (Å²) in [5.41, 5.74) is 4.13. The van der Waals surface area contributed by atoms with E-state index in [-0.39, 0.29) is 19.0 Å². The second-order valence-corrected chi connectivity index (χ2v) is 3.34. The fourth-order valence-corrected chi connectivity index (χ4v) is 1.26. The van der Waals surface area contributed by atoms with Gasteiger partial charge in [0.15, 0.2) is 0 Å². The summed E-state index contributed by atoms with van der Waals surface area (Å²) >= 11 is 0. The van der Waals surface area contributed by atoms with Crippen molar-refractivity contribution in [3.05, 3.63) is 0 Å². The van der Waals surface area contributed by atoms with Crippen molar-refractivity contribution in [2.24, 2.45) is 5.73 Å². The third-order valence-corrected chi connectivity index (χ3v) is 2.44. The molecule has 0 amide bonds. The fraction of sp³-hybridized carbons (Fsp3) is 1.00. The molecule has 1 aliphatic heterocycles. The molecular formula is C7H16ClNO2. The Hall–Kier alpha value is 0.170. The highest BCUT2D eigenvalue weighted by Crippen LogP contribution is 2.34. The van der Waals surface area contributed by atoms with E-state index in [4.69, 9.17) is 10.5 Å². The summed E-state index contributed by atoms with van der Waals surface area (Å²) in [7, 11) is 0. The van der Waals surface area contributed by atoms with Gasteiger partial charge in [0.1, 0.15) is 5.60 Å². The maximum absolute atomic E-state index is 9.78. The zero-order chi connectivity index (χ0) is 7.83. The van der Waals surface area contributed by atoms with Crippen molar-refractivity contribution in [3.63, 3.8) is 0 Å². The predicted molar refractivity (Wildman–Crippen MR) is 45.9 cm³/mol. The first-order valence-electron chi connectivity index (χ1n) is 3.58. The SMILES string of the molecule is CC1(C)OCCC1(O)CN.Cl. The molecule has 3 N–H and O–H groups in total. The minimum atomic E-state index is -0.812. The highest BCUT2D eigenvalue weighted by molar-refractivity contribution is 5.85. The summed E-state index contributed by atoms with van der Waals surface area (Å²) in [6, 6.07) is 0. The number of ether oxygens (including phenoxy) is 1. The van der Waals surface area contributed by atoms with E-state index in [1.54, 1.807) is 0 Å². The average Bonchev–Trinajstić information content (AvgIpc) is 2.10. The smallest absolute Gasteiger partial charge is 0.107 e. The van der Waals surface area contributed by atoms with Gasteiger partial charge in [-0.3, -0.25) is 0 Å². The summed E-state index contributed by atoms with van der Waals surface area (Å²) in [5.74, 6) is 0. The first-order valence-corrected chi connectivity index (χ1v) is 3.58. The molecular weight excluding hydrogens is 166 g/mol. The Labute approximate surface area is 73.3 Å². The molecule has 0 bridgehead atoms. The summed E-state index contributed by atoms with van der Waals surface area (Å²) in [4.78, 5) is 0. The third kappa shape index (κ3) is 1.67. The molecule has 3 nitrogen and oxygen atoms in total. The van der Waals surface area contributed by atoms with Crippen LogP contribution in [0.15, 0.2) is 0 Å². The molecule has 0 aromatic carbocycles. The topological polar surface area (TPSA) is 55.5 Å². The molecule has 1 atom stereocenters. The summed E-state index contributed by atoms with van der Waals surface area (Å²) in [6.45, 7) is 4.63. The molecule has 0 radical (unpaired) electrons. The van der Waals surface area contributed by atoms with Crippen molar-refractivity contribution in [1.82, 2.24) is 0 Å². The van der Waals surface area contributed by atoms with Gasteiger partial charge in [-0.2, -0.15) is 0 Å². The van der Waals surface area contributed by atoms with Gasteiger partial charge in [-0.25, -0.2) is 0 Å². The lowest BCUT2D eigenvalue weighted by molar-refractivity contribution is -0.0912. The Bertz CT molecular complexity index is 140. The van der Waals surface area contributed by atoms with E-state index in [1.807, 2.05) is 13.8 Å². The van der Waals surface area contributed by atoms with Crippen LogP contribution < -0.4 is 5.73 Å². The Kier molecular flexibility index (Phi) is 3.32. The Morgan fingerprint density at radius 2 is 2.09 bits per heavy atom. The first-order chi connectivity index (χ1) is 4.52. The van der Waals surface area contributed by atoms with Gasteiger partial charge in [0.2, 0.25) is 0 Å². The molecule has 0 spiro atoms. The number of hydrogen-bond acceptors (Lipinski definition) is 3. The summed E-state index contributed by atoms with van der Waals surface area (Å²) < 4.78 is 5.32. The minimum Gasteiger partial charge on any atom is -0.385 e. The summed E-state index contributed by atoms with van der Waals surface area (Å²) in [5, 5.41) is 9.78. The second-order valence-electron chi connectivity index (χ2n) is 3.34. The predicted octanol–water partition coefficient (Wildman–Crippen LogP) is 0.297. The third-order valence-electron chi connectivity index (χ3n) is 2.44. The summed E-state index contributed by atoms with van der Waals surface area (Å²) in [6.07, 6.45) is 0.649. The van der Waals surface area contributed by atoms with Crippen molar-refractivity contribution >= 4 is 12.4 Å². The maximum atomic E-state index is 9.78. The van der Waals surface area contributed by atoms with Crippen LogP contribution in [-0.4, -0.2) is 29.5 Å². The van der Waals surface area contributed by atoms with E-state index in [9.17, 15) is 5.11 Å². The Morgan fingerprint density at radius 1 is 1.55 bits per heavy atom. The van der Waals surface area contributed by atoms with Crippen LogP contribution in [0.3, 0.4) is 0 Å². The van der Waals surface area contributed by atoms with Crippen molar-refractivity contribution < 1.29 is 9.84 Å². The molecule has 0 aliphatic carbocycles. The zero-order valence-electron chi connectivity index (χ0n) is 6.96. The zero-order valence-corrected chi connectivity index (χ0v) is 7.78. The number of hydrogen-bond donors (Lipinski definition) is 2. The van der Waals surface area contributed by atoms with Gasteiger partial charge in [0.25, 0.3) is 0 Å². The second kappa shape index (κ2) is 3.27.